The number of carbonyl (C=O) groups excluding carboxylic acids is 3. The predicted octanol–water partition coefficient (Wildman–Crippen LogP) is 5.45. The number of imidazole rings is 1. The van der Waals surface area contributed by atoms with E-state index in [9.17, 15) is 23.2 Å². The lowest BCUT2D eigenvalue weighted by atomic mass is 9.73. The molecule has 0 bridgehead atoms. The normalized spacial score (nSPS) is 19.1. The molecule has 2 aromatic carbocycles. The lowest BCUT2D eigenvalue weighted by molar-refractivity contribution is -0.122. The van der Waals surface area contributed by atoms with Gasteiger partial charge in [0.05, 0.1) is 5.69 Å². The number of amides is 2. The van der Waals surface area contributed by atoms with E-state index in [1.807, 2.05) is 43.4 Å². The molecule has 1 aliphatic carbocycles. The Morgan fingerprint density at radius 1 is 0.880 bits per heavy atom. The Balaban J connectivity index is 1.08. The fraction of sp³-hybridized carbons (Fsp3) is 0.289. The van der Waals surface area contributed by atoms with Crippen molar-refractivity contribution in [1.29, 1.82) is 0 Å². The second kappa shape index (κ2) is 14.3. The van der Waals surface area contributed by atoms with Crippen LogP contribution >= 0.6 is 0 Å². The van der Waals surface area contributed by atoms with Crippen LogP contribution in [0.15, 0.2) is 85.2 Å². The highest BCUT2D eigenvalue weighted by atomic mass is 19.1. The average Bonchev–Trinajstić information content (AvgIpc) is 3.55. The van der Waals surface area contributed by atoms with Crippen molar-refractivity contribution in [2.75, 3.05) is 25.0 Å². The summed E-state index contributed by atoms with van der Waals surface area (Å²) in [6, 6.07) is 20.9. The Kier molecular flexibility index (Phi) is 9.46. The van der Waals surface area contributed by atoms with Gasteiger partial charge >= 0.3 is 0 Å². The first kappa shape index (κ1) is 33.2. The van der Waals surface area contributed by atoms with E-state index in [4.69, 9.17) is 0 Å². The van der Waals surface area contributed by atoms with E-state index in [1.54, 1.807) is 0 Å². The predicted molar refractivity (Wildman–Crippen MR) is 185 cm³/mol. The molecule has 5 aromatic rings. The standard InChI is InChI=1S/C38H37F2N7O3/c1-41-17-18-42-20-23-5-7-24(8-6-23)26-3-2-4-29(19-26)47-31-14-15-32(40)45-35(31)36(48)34(38(47)50)25-9-12-28(13-10-25)43-37(49)30-22-46-21-27(39)11-16-33(46)44-30/h2-8,11,14-16,19,21-22,25,28,34,41-42H,9-10,12-13,17-18,20H2,1H3,(H,43,49). The van der Waals surface area contributed by atoms with E-state index in [0.717, 1.165) is 42.4 Å². The molecule has 4 heterocycles. The summed E-state index contributed by atoms with van der Waals surface area (Å²) in [5.41, 5.74) is 4.39. The molecule has 1 aliphatic heterocycles. The van der Waals surface area contributed by atoms with Gasteiger partial charge in [0.2, 0.25) is 11.9 Å². The summed E-state index contributed by atoms with van der Waals surface area (Å²) < 4.78 is 29.5. The van der Waals surface area contributed by atoms with Gasteiger partial charge in [-0.15, -0.1) is 0 Å². The number of hydrogen-bond acceptors (Lipinski definition) is 7. The highest BCUT2D eigenvalue weighted by Crippen LogP contribution is 2.42. The largest absolute Gasteiger partial charge is 0.348 e. The van der Waals surface area contributed by atoms with Crippen molar-refractivity contribution >= 4 is 34.6 Å². The minimum Gasteiger partial charge on any atom is -0.348 e. The van der Waals surface area contributed by atoms with E-state index < -0.39 is 23.5 Å². The summed E-state index contributed by atoms with van der Waals surface area (Å²) in [7, 11) is 1.92. The number of ketones is 1. The van der Waals surface area contributed by atoms with Gasteiger partial charge in [0.1, 0.15) is 28.8 Å². The van der Waals surface area contributed by atoms with Crippen LogP contribution in [0.4, 0.5) is 20.2 Å². The summed E-state index contributed by atoms with van der Waals surface area (Å²) in [5, 5.41) is 9.50. The van der Waals surface area contributed by atoms with E-state index in [-0.39, 0.29) is 40.8 Å². The molecule has 50 heavy (non-hydrogen) atoms. The Bertz CT molecular complexity index is 2060. The molecule has 3 aromatic heterocycles. The molecule has 2 aliphatic rings. The highest BCUT2D eigenvalue weighted by Gasteiger charge is 2.46. The zero-order valence-corrected chi connectivity index (χ0v) is 27.5. The number of hydrogen-bond donors (Lipinski definition) is 3. The Morgan fingerprint density at radius 3 is 2.46 bits per heavy atom. The maximum Gasteiger partial charge on any atom is 0.271 e. The lowest BCUT2D eigenvalue weighted by Crippen LogP contribution is -2.48. The minimum atomic E-state index is -1.04. The van der Waals surface area contributed by atoms with Crippen LogP contribution < -0.4 is 20.9 Å². The SMILES string of the molecule is CNCCNCc1ccc(-c2cccc(N3C(=O)C(C4CCC(NC(=O)c5cn6cc(F)ccc6n5)CC4)C(=O)c4nc(F)ccc43)c2)cc1. The third kappa shape index (κ3) is 6.76. The van der Waals surface area contributed by atoms with Gasteiger partial charge in [-0.1, -0.05) is 36.4 Å². The van der Waals surface area contributed by atoms with Crippen molar-refractivity contribution in [3.8, 4) is 11.1 Å². The van der Waals surface area contributed by atoms with Crippen molar-refractivity contribution in [3.63, 3.8) is 0 Å². The summed E-state index contributed by atoms with van der Waals surface area (Å²) >= 11 is 0. The number of pyridine rings is 2. The minimum absolute atomic E-state index is 0.0613. The fourth-order valence-corrected chi connectivity index (χ4v) is 7.01. The molecule has 1 atom stereocenters. The maximum absolute atomic E-state index is 14.5. The van der Waals surface area contributed by atoms with Crippen LogP contribution in [0.3, 0.4) is 0 Å². The van der Waals surface area contributed by atoms with Gasteiger partial charge in [0, 0.05) is 43.8 Å². The van der Waals surface area contributed by atoms with E-state index >= 15 is 0 Å². The molecule has 0 radical (unpaired) electrons. The van der Waals surface area contributed by atoms with Crippen LogP contribution in [-0.4, -0.2) is 58.1 Å². The summed E-state index contributed by atoms with van der Waals surface area (Å²) in [5.74, 6) is -3.83. The fourth-order valence-electron chi connectivity index (χ4n) is 7.01. The second-order valence-electron chi connectivity index (χ2n) is 12.9. The summed E-state index contributed by atoms with van der Waals surface area (Å²) in [6.45, 7) is 2.49. The van der Waals surface area contributed by atoms with Gasteiger partial charge in [0.25, 0.3) is 5.91 Å². The van der Waals surface area contributed by atoms with Crippen molar-refractivity contribution in [2.24, 2.45) is 11.8 Å². The first-order chi connectivity index (χ1) is 24.3. The van der Waals surface area contributed by atoms with Crippen LogP contribution in [0.5, 0.6) is 0 Å². The van der Waals surface area contributed by atoms with E-state index in [2.05, 4.69) is 38.1 Å². The Labute approximate surface area is 287 Å². The molecule has 0 saturated heterocycles. The van der Waals surface area contributed by atoms with Gasteiger partial charge in [0.15, 0.2) is 5.78 Å². The number of carbonyl (C=O) groups is 3. The Morgan fingerprint density at radius 2 is 1.68 bits per heavy atom. The number of aromatic nitrogens is 3. The number of halogens is 2. The molecule has 1 fully saturated rings. The molecule has 10 nitrogen and oxygen atoms in total. The first-order valence-electron chi connectivity index (χ1n) is 16.8. The summed E-state index contributed by atoms with van der Waals surface area (Å²) in [6.07, 6.45) is 4.80. The monoisotopic (exact) mass is 677 g/mol. The van der Waals surface area contributed by atoms with Gasteiger partial charge in [-0.25, -0.2) is 14.4 Å². The smallest absolute Gasteiger partial charge is 0.271 e. The number of nitrogens with zero attached hydrogens (tertiary/aromatic N) is 4. The molecule has 1 saturated carbocycles. The summed E-state index contributed by atoms with van der Waals surface area (Å²) in [4.78, 5) is 50.9. The first-order valence-corrected chi connectivity index (χ1v) is 16.8. The molecular formula is C38H37F2N7O3. The van der Waals surface area contributed by atoms with Crippen LogP contribution in [0.1, 0.15) is 52.2 Å². The van der Waals surface area contributed by atoms with Crippen molar-refractivity contribution in [3.05, 3.63) is 114 Å². The topological polar surface area (TPSA) is 121 Å². The molecule has 12 heteroatoms. The number of fused-ring (bicyclic) bond motifs is 2. The third-order valence-electron chi connectivity index (χ3n) is 9.58. The molecule has 3 N–H and O–H groups in total. The number of rotatable bonds is 10. The van der Waals surface area contributed by atoms with Gasteiger partial charge in [-0.2, -0.15) is 4.39 Å². The molecule has 1 unspecified atom stereocenters. The maximum atomic E-state index is 14.5. The van der Waals surface area contributed by atoms with E-state index in [1.165, 1.54) is 39.9 Å². The number of likely N-dealkylation sites (N-methyl/N-ethyl adjacent to an activating group) is 1. The average molecular weight is 678 g/mol. The van der Waals surface area contributed by atoms with E-state index in [0.29, 0.717) is 37.0 Å². The third-order valence-corrected chi connectivity index (χ3v) is 9.58. The van der Waals surface area contributed by atoms with Crippen molar-refractivity contribution in [1.82, 2.24) is 30.3 Å². The molecule has 0 spiro atoms. The van der Waals surface area contributed by atoms with Crippen LogP contribution in [0.2, 0.25) is 0 Å². The molecule has 7 rings (SSSR count). The highest BCUT2D eigenvalue weighted by molar-refractivity contribution is 6.23. The van der Waals surface area contributed by atoms with Crippen LogP contribution in [-0.2, 0) is 11.3 Å². The van der Waals surface area contributed by atoms with Crippen molar-refractivity contribution in [2.45, 2.75) is 38.3 Å². The number of nitrogens with one attached hydrogen (secondary N) is 3. The molecule has 2 amide bonds. The second-order valence-corrected chi connectivity index (χ2v) is 12.9. The number of anilines is 2. The van der Waals surface area contributed by atoms with Gasteiger partial charge in [-0.05, 0) is 91.7 Å². The van der Waals surface area contributed by atoms with Crippen LogP contribution in [0, 0.1) is 23.6 Å². The zero-order valence-electron chi connectivity index (χ0n) is 27.5. The van der Waals surface area contributed by atoms with Crippen molar-refractivity contribution < 1.29 is 23.2 Å². The number of benzene rings is 2. The quantitative estimate of drug-likeness (QED) is 0.102. The molecular weight excluding hydrogens is 640 g/mol. The van der Waals surface area contributed by atoms with Crippen LogP contribution in [0.25, 0.3) is 16.8 Å². The zero-order chi connectivity index (χ0) is 34.8. The lowest BCUT2D eigenvalue weighted by Gasteiger charge is -2.38. The van der Waals surface area contributed by atoms with Gasteiger partial charge in [-0.3, -0.25) is 19.3 Å². The van der Waals surface area contributed by atoms with Gasteiger partial charge < -0.3 is 20.4 Å². The molecule has 256 valence electrons. The number of Topliss-reactive ketones (excluding diaryl/α,β-unsaturated/α-hetero) is 1. The Hall–Kier alpha value is -5.33.